The second kappa shape index (κ2) is 8.47. The number of hydrogen-bond donors (Lipinski definition) is 1. The summed E-state index contributed by atoms with van der Waals surface area (Å²) in [6.07, 6.45) is -9.00. The van der Waals surface area contributed by atoms with Crippen molar-refractivity contribution in [1.82, 2.24) is 0 Å². The molecule has 0 aliphatic carbocycles. The van der Waals surface area contributed by atoms with Gasteiger partial charge in [0.2, 0.25) is 0 Å². The summed E-state index contributed by atoms with van der Waals surface area (Å²) in [5, 5.41) is 6.90. The first-order chi connectivity index (χ1) is 12.6. The van der Waals surface area contributed by atoms with E-state index in [1.165, 1.54) is 0 Å². The van der Waals surface area contributed by atoms with E-state index >= 15 is 0 Å². The van der Waals surface area contributed by atoms with E-state index in [1.54, 1.807) is 0 Å². The van der Waals surface area contributed by atoms with Crippen molar-refractivity contribution in [2.24, 2.45) is 15.9 Å². The number of hydrogen-bond acceptors (Lipinski definition) is 3. The summed E-state index contributed by atoms with van der Waals surface area (Å²) < 4.78 is 77.1. The smallest absolute Gasteiger partial charge is 0.377 e. The van der Waals surface area contributed by atoms with Gasteiger partial charge in [-0.15, -0.1) is 5.10 Å². The topological polar surface area (TPSA) is 50.7 Å². The van der Waals surface area contributed by atoms with Crippen molar-refractivity contribution in [3.63, 3.8) is 0 Å². The van der Waals surface area contributed by atoms with Crippen LogP contribution >= 0.6 is 11.8 Å². The van der Waals surface area contributed by atoms with Gasteiger partial charge in [-0.25, -0.2) is 0 Å². The predicted molar refractivity (Wildman–Crippen MR) is 93.4 cm³/mol. The van der Waals surface area contributed by atoms with Crippen LogP contribution in [-0.4, -0.2) is 11.4 Å². The zero-order valence-corrected chi connectivity index (χ0v) is 14.4. The van der Waals surface area contributed by atoms with Gasteiger partial charge in [0.05, 0.1) is 17.3 Å². The maximum absolute atomic E-state index is 13.0. The average Bonchev–Trinajstić information content (AvgIpc) is 2.59. The second-order valence-electron chi connectivity index (χ2n) is 5.25. The Morgan fingerprint density at radius 2 is 1.63 bits per heavy atom. The average molecular weight is 405 g/mol. The summed E-state index contributed by atoms with van der Waals surface area (Å²) in [4.78, 5) is 0. The first-order valence-electron chi connectivity index (χ1n) is 7.39. The zero-order valence-electron chi connectivity index (χ0n) is 13.6. The third-order valence-corrected chi connectivity index (χ3v) is 4.12. The molecule has 0 heterocycles. The molecule has 0 radical (unpaired) electrons. The lowest BCUT2D eigenvalue weighted by Crippen LogP contribution is -2.12. The maximum Gasteiger partial charge on any atom is 0.417 e. The Balaban J connectivity index is 2.18. The van der Waals surface area contributed by atoms with Crippen LogP contribution in [0.3, 0.4) is 0 Å². The van der Waals surface area contributed by atoms with Crippen molar-refractivity contribution in [3.8, 4) is 0 Å². The molecule has 0 aromatic heterocycles. The lowest BCUT2D eigenvalue weighted by atomic mass is 10.0. The van der Waals surface area contributed by atoms with Gasteiger partial charge in [-0.05, 0) is 23.8 Å². The zero-order chi connectivity index (χ0) is 20.1. The summed E-state index contributed by atoms with van der Waals surface area (Å²) in [5.41, 5.74) is 3.34. The van der Waals surface area contributed by atoms with Crippen LogP contribution in [0.5, 0.6) is 0 Å². The van der Waals surface area contributed by atoms with Crippen LogP contribution in [0.25, 0.3) is 0 Å². The Hall–Kier alpha value is -2.49. The highest BCUT2D eigenvalue weighted by Crippen LogP contribution is 2.35. The molecule has 0 amide bonds. The second-order valence-corrected chi connectivity index (χ2v) is 6.25. The molecule has 2 rings (SSSR count). The van der Waals surface area contributed by atoms with E-state index < -0.39 is 29.0 Å². The molecule has 0 aliphatic rings. The number of amidine groups is 1. The molecule has 27 heavy (non-hydrogen) atoms. The molecule has 144 valence electrons. The van der Waals surface area contributed by atoms with E-state index in [4.69, 9.17) is 5.73 Å². The van der Waals surface area contributed by atoms with E-state index in [0.717, 1.165) is 17.3 Å². The van der Waals surface area contributed by atoms with E-state index in [1.807, 2.05) is 30.3 Å². The van der Waals surface area contributed by atoms with Crippen molar-refractivity contribution >= 4 is 23.1 Å². The highest BCUT2D eigenvalue weighted by molar-refractivity contribution is 8.13. The van der Waals surface area contributed by atoms with E-state index in [2.05, 4.69) is 10.2 Å². The van der Waals surface area contributed by atoms with Crippen molar-refractivity contribution < 1.29 is 26.3 Å². The van der Waals surface area contributed by atoms with Crippen molar-refractivity contribution in [2.45, 2.75) is 18.1 Å². The minimum atomic E-state index is -4.83. The molecular weight excluding hydrogens is 392 g/mol. The van der Waals surface area contributed by atoms with Gasteiger partial charge in [0, 0.05) is 11.3 Å². The van der Waals surface area contributed by atoms with Crippen LogP contribution in [0, 0.1) is 0 Å². The van der Waals surface area contributed by atoms with Crippen LogP contribution in [-0.2, 0) is 18.1 Å². The standard InChI is InChI=1S/C17H13F6N3S/c18-16(19,20)13-6-7-14(17(21,22)23)12(8-13)9-25-26-15(24)27-10-11-4-2-1-3-5-11/h1-9H,10H2,(H2,24,26). The van der Waals surface area contributed by atoms with Crippen LogP contribution in [0.15, 0.2) is 58.7 Å². The summed E-state index contributed by atoms with van der Waals surface area (Å²) in [6.45, 7) is 0. The molecule has 2 N–H and O–H groups in total. The largest absolute Gasteiger partial charge is 0.417 e. The van der Waals surface area contributed by atoms with E-state index in [-0.39, 0.29) is 5.17 Å². The first-order valence-corrected chi connectivity index (χ1v) is 8.37. The molecule has 0 saturated carbocycles. The Labute approximate surface area is 155 Å². The van der Waals surface area contributed by atoms with Gasteiger partial charge in [0.1, 0.15) is 0 Å². The highest BCUT2D eigenvalue weighted by Gasteiger charge is 2.36. The fourth-order valence-electron chi connectivity index (χ4n) is 2.01. The normalized spacial score (nSPS) is 13.3. The molecule has 3 nitrogen and oxygen atoms in total. The monoisotopic (exact) mass is 405 g/mol. The summed E-state index contributed by atoms with van der Waals surface area (Å²) in [5.74, 6) is 0.461. The summed E-state index contributed by atoms with van der Waals surface area (Å²) in [7, 11) is 0. The van der Waals surface area contributed by atoms with Crippen molar-refractivity contribution in [1.29, 1.82) is 0 Å². The Morgan fingerprint density at radius 3 is 2.22 bits per heavy atom. The molecule has 0 unspecified atom stereocenters. The van der Waals surface area contributed by atoms with Gasteiger partial charge in [-0.1, -0.05) is 42.1 Å². The molecule has 10 heteroatoms. The van der Waals surface area contributed by atoms with Crippen LogP contribution < -0.4 is 5.73 Å². The maximum atomic E-state index is 13.0. The fraction of sp³-hybridized carbons (Fsp3) is 0.176. The number of thioether (sulfide) groups is 1. The van der Waals surface area contributed by atoms with E-state index in [0.29, 0.717) is 30.2 Å². The number of nitrogens with two attached hydrogens (primary N) is 1. The Morgan fingerprint density at radius 1 is 0.963 bits per heavy atom. The third-order valence-electron chi connectivity index (χ3n) is 3.27. The molecule has 0 saturated heterocycles. The van der Waals surface area contributed by atoms with Crippen LogP contribution in [0.1, 0.15) is 22.3 Å². The fourth-order valence-corrected chi connectivity index (χ4v) is 2.62. The Bertz CT molecular complexity index is 829. The van der Waals surface area contributed by atoms with Crippen molar-refractivity contribution in [2.75, 3.05) is 0 Å². The number of rotatable bonds is 4. The molecular formula is C17H13F6N3S. The van der Waals surface area contributed by atoms with Gasteiger partial charge < -0.3 is 5.73 Å². The molecule has 0 spiro atoms. The number of alkyl halides is 6. The molecule has 0 bridgehead atoms. The lowest BCUT2D eigenvalue weighted by Gasteiger charge is -2.13. The molecule has 0 fully saturated rings. The summed E-state index contributed by atoms with van der Waals surface area (Å²) in [6, 6.07) is 10.3. The molecule has 2 aromatic rings. The summed E-state index contributed by atoms with van der Waals surface area (Å²) >= 11 is 1.09. The SMILES string of the molecule is NC(=NN=Cc1cc(C(F)(F)F)ccc1C(F)(F)F)SCc1ccccc1. The number of nitrogens with zero attached hydrogens (tertiary/aromatic N) is 2. The van der Waals surface area contributed by atoms with Gasteiger partial charge in [-0.3, -0.25) is 0 Å². The molecule has 2 aromatic carbocycles. The predicted octanol–water partition coefficient (Wildman–Crippen LogP) is 5.31. The quantitative estimate of drug-likeness (QED) is 0.325. The molecule has 0 atom stereocenters. The number of halogens is 6. The minimum Gasteiger partial charge on any atom is -0.377 e. The first kappa shape index (κ1) is 20.8. The van der Waals surface area contributed by atoms with E-state index in [9.17, 15) is 26.3 Å². The number of benzene rings is 2. The molecule has 0 aliphatic heterocycles. The van der Waals surface area contributed by atoms with Gasteiger partial charge in [0.15, 0.2) is 5.17 Å². The van der Waals surface area contributed by atoms with Crippen LogP contribution in [0.2, 0.25) is 0 Å². The lowest BCUT2D eigenvalue weighted by molar-refractivity contribution is -0.141. The Kier molecular flexibility index (Phi) is 6.53. The van der Waals surface area contributed by atoms with Gasteiger partial charge in [0.25, 0.3) is 0 Å². The third kappa shape index (κ3) is 6.31. The minimum absolute atomic E-state index is 0.0318. The van der Waals surface area contributed by atoms with Gasteiger partial charge >= 0.3 is 12.4 Å². The van der Waals surface area contributed by atoms with Crippen LogP contribution in [0.4, 0.5) is 26.3 Å². The highest BCUT2D eigenvalue weighted by atomic mass is 32.2. The van der Waals surface area contributed by atoms with Gasteiger partial charge in [-0.2, -0.15) is 31.4 Å². The van der Waals surface area contributed by atoms with Crippen molar-refractivity contribution in [3.05, 3.63) is 70.8 Å².